The van der Waals surface area contributed by atoms with Crippen molar-refractivity contribution in [1.29, 1.82) is 0 Å². The van der Waals surface area contributed by atoms with Crippen molar-refractivity contribution in [3.8, 4) is 0 Å². The monoisotopic (exact) mass is 314 g/mol. The minimum Gasteiger partial charge on any atom is -0.296 e. The van der Waals surface area contributed by atoms with Crippen LogP contribution in [0.1, 0.15) is 18.4 Å². The van der Waals surface area contributed by atoms with Gasteiger partial charge in [0.15, 0.2) is 0 Å². The lowest BCUT2D eigenvalue weighted by Gasteiger charge is -2.34. The number of hydrogen-bond donors (Lipinski definition) is 0. The Bertz CT molecular complexity index is 579. The van der Waals surface area contributed by atoms with Crippen LogP contribution in [0, 0.1) is 0 Å². The quantitative estimate of drug-likeness (QED) is 0.853. The summed E-state index contributed by atoms with van der Waals surface area (Å²) in [5.41, 5.74) is 1.10. The third kappa shape index (κ3) is 3.01. The maximum atomic E-state index is 12.2. The highest BCUT2D eigenvalue weighted by Gasteiger charge is 2.40. The van der Waals surface area contributed by atoms with Crippen LogP contribution in [0.4, 0.5) is 0 Å². The lowest BCUT2D eigenvalue weighted by Crippen LogP contribution is -2.49. The van der Waals surface area contributed by atoms with E-state index in [4.69, 9.17) is 11.6 Å². The molecule has 110 valence electrons. The Balaban J connectivity index is 1.58. The topological polar surface area (TPSA) is 40.6 Å². The smallest absolute Gasteiger partial charge is 0.217 e. The van der Waals surface area contributed by atoms with Gasteiger partial charge in [0.1, 0.15) is 0 Å². The highest BCUT2D eigenvalue weighted by atomic mass is 35.5. The molecule has 0 N–H and O–H groups in total. The van der Waals surface area contributed by atoms with Gasteiger partial charge in [0, 0.05) is 37.7 Å². The van der Waals surface area contributed by atoms with Gasteiger partial charge in [-0.15, -0.1) is 0 Å². The molecule has 0 radical (unpaired) electrons. The molecular weight excluding hydrogens is 296 g/mol. The molecule has 6 heteroatoms. The predicted molar refractivity (Wildman–Crippen MR) is 80.2 cm³/mol. The number of benzene rings is 1. The maximum Gasteiger partial charge on any atom is 0.217 e. The average molecular weight is 315 g/mol. The van der Waals surface area contributed by atoms with Crippen molar-refractivity contribution in [3.63, 3.8) is 0 Å². The van der Waals surface area contributed by atoms with Crippen LogP contribution in [0.15, 0.2) is 24.3 Å². The van der Waals surface area contributed by atoms with Gasteiger partial charge in [-0.2, -0.15) is 4.31 Å². The first-order valence-electron chi connectivity index (χ1n) is 7.02. The lowest BCUT2D eigenvalue weighted by atomic mass is 10.2. The van der Waals surface area contributed by atoms with E-state index in [9.17, 15) is 8.42 Å². The Kier molecular flexibility index (Phi) is 4.04. The van der Waals surface area contributed by atoms with Crippen molar-refractivity contribution >= 4 is 21.6 Å². The van der Waals surface area contributed by atoms with Gasteiger partial charge in [-0.1, -0.05) is 29.8 Å². The zero-order valence-electron chi connectivity index (χ0n) is 11.3. The number of piperazine rings is 1. The maximum absolute atomic E-state index is 12.2. The Morgan fingerprint density at radius 2 is 1.75 bits per heavy atom. The van der Waals surface area contributed by atoms with Gasteiger partial charge in [0.25, 0.3) is 0 Å². The van der Waals surface area contributed by atoms with Crippen molar-refractivity contribution in [2.24, 2.45) is 0 Å². The summed E-state index contributed by atoms with van der Waals surface area (Å²) in [4.78, 5) is 2.26. The largest absolute Gasteiger partial charge is 0.296 e. The van der Waals surface area contributed by atoms with Crippen LogP contribution < -0.4 is 0 Å². The van der Waals surface area contributed by atoms with E-state index in [-0.39, 0.29) is 5.25 Å². The minimum atomic E-state index is -3.01. The standard InChI is InChI=1S/C14H19ClN2O2S/c15-14-4-2-1-3-12(14)11-16-7-9-17(10-8-16)20(18,19)13-5-6-13/h1-4,13H,5-11H2. The first kappa shape index (κ1) is 14.3. The van der Waals surface area contributed by atoms with Crippen LogP contribution in [-0.4, -0.2) is 49.1 Å². The van der Waals surface area contributed by atoms with Crippen LogP contribution in [0.25, 0.3) is 0 Å². The second-order valence-electron chi connectivity index (χ2n) is 5.51. The van der Waals surface area contributed by atoms with Gasteiger partial charge >= 0.3 is 0 Å². The molecule has 1 aromatic carbocycles. The molecule has 4 nitrogen and oxygen atoms in total. The summed E-state index contributed by atoms with van der Waals surface area (Å²) in [6.07, 6.45) is 1.67. The average Bonchev–Trinajstić information content (AvgIpc) is 3.27. The van der Waals surface area contributed by atoms with Crippen LogP contribution in [0.3, 0.4) is 0 Å². The van der Waals surface area contributed by atoms with E-state index in [1.165, 1.54) is 0 Å². The van der Waals surface area contributed by atoms with Gasteiger partial charge in [-0.3, -0.25) is 4.90 Å². The Morgan fingerprint density at radius 1 is 1.10 bits per heavy atom. The van der Waals surface area contributed by atoms with Crippen LogP contribution in [-0.2, 0) is 16.6 Å². The van der Waals surface area contributed by atoms with E-state index >= 15 is 0 Å². The van der Waals surface area contributed by atoms with Crippen LogP contribution >= 0.6 is 11.6 Å². The van der Waals surface area contributed by atoms with Gasteiger partial charge in [0.05, 0.1) is 5.25 Å². The summed E-state index contributed by atoms with van der Waals surface area (Å²) >= 11 is 6.16. The van der Waals surface area contributed by atoms with Crippen LogP contribution in [0.5, 0.6) is 0 Å². The summed E-state index contributed by atoms with van der Waals surface area (Å²) < 4.78 is 26.0. The zero-order chi connectivity index (χ0) is 14.2. The molecule has 0 unspecified atom stereocenters. The Hall–Kier alpha value is -0.620. The molecule has 1 saturated heterocycles. The van der Waals surface area contributed by atoms with Gasteiger partial charge in [-0.05, 0) is 24.5 Å². The molecular formula is C14H19ClN2O2S. The molecule has 20 heavy (non-hydrogen) atoms. The molecule has 2 fully saturated rings. The van der Waals surface area contributed by atoms with Crippen molar-refractivity contribution in [3.05, 3.63) is 34.9 Å². The number of hydrogen-bond acceptors (Lipinski definition) is 3. The Labute approximate surface area is 125 Å². The van der Waals surface area contributed by atoms with Gasteiger partial charge in [-0.25, -0.2) is 8.42 Å². The van der Waals surface area contributed by atoms with E-state index in [2.05, 4.69) is 4.90 Å². The highest BCUT2D eigenvalue weighted by Crippen LogP contribution is 2.31. The fourth-order valence-electron chi connectivity index (χ4n) is 2.59. The molecule has 0 spiro atoms. The third-order valence-electron chi connectivity index (χ3n) is 3.99. The number of nitrogens with zero attached hydrogens (tertiary/aromatic N) is 2. The minimum absolute atomic E-state index is 0.0994. The molecule has 1 aliphatic heterocycles. The van der Waals surface area contributed by atoms with Gasteiger partial charge in [0.2, 0.25) is 10.0 Å². The number of rotatable bonds is 4. The normalized spacial score (nSPS) is 22.1. The highest BCUT2D eigenvalue weighted by molar-refractivity contribution is 7.90. The molecule has 1 aromatic rings. The number of halogens is 1. The third-order valence-corrected chi connectivity index (χ3v) is 6.76. The first-order chi connectivity index (χ1) is 9.57. The van der Waals surface area contributed by atoms with Crippen molar-refractivity contribution in [2.45, 2.75) is 24.6 Å². The molecule has 2 aliphatic rings. The lowest BCUT2D eigenvalue weighted by molar-refractivity contribution is 0.181. The fourth-order valence-corrected chi connectivity index (χ4v) is 4.61. The molecule has 0 atom stereocenters. The van der Waals surface area contributed by atoms with E-state index in [1.807, 2.05) is 24.3 Å². The van der Waals surface area contributed by atoms with E-state index in [0.29, 0.717) is 13.1 Å². The summed E-state index contributed by atoms with van der Waals surface area (Å²) in [6.45, 7) is 3.54. The predicted octanol–water partition coefficient (Wildman–Crippen LogP) is 1.95. The zero-order valence-corrected chi connectivity index (χ0v) is 12.9. The molecule has 0 aromatic heterocycles. The van der Waals surface area contributed by atoms with E-state index in [0.717, 1.165) is 43.1 Å². The van der Waals surface area contributed by atoms with Crippen LogP contribution in [0.2, 0.25) is 5.02 Å². The van der Waals surface area contributed by atoms with E-state index < -0.39 is 10.0 Å². The fraction of sp³-hybridized carbons (Fsp3) is 0.571. The van der Waals surface area contributed by atoms with Crippen molar-refractivity contribution in [1.82, 2.24) is 9.21 Å². The summed E-state index contributed by atoms with van der Waals surface area (Å²) in [5, 5.41) is 0.679. The summed E-state index contributed by atoms with van der Waals surface area (Å²) in [5.74, 6) is 0. The van der Waals surface area contributed by atoms with Gasteiger partial charge < -0.3 is 0 Å². The van der Waals surface area contributed by atoms with Crippen molar-refractivity contribution < 1.29 is 8.42 Å². The first-order valence-corrected chi connectivity index (χ1v) is 8.90. The molecule has 0 amide bonds. The number of sulfonamides is 1. The molecule has 1 heterocycles. The Morgan fingerprint density at radius 3 is 2.35 bits per heavy atom. The van der Waals surface area contributed by atoms with Crippen molar-refractivity contribution in [2.75, 3.05) is 26.2 Å². The second-order valence-corrected chi connectivity index (χ2v) is 8.13. The summed E-state index contributed by atoms with van der Waals surface area (Å²) in [7, 11) is -3.01. The molecule has 1 saturated carbocycles. The van der Waals surface area contributed by atoms with E-state index in [1.54, 1.807) is 4.31 Å². The molecule has 1 aliphatic carbocycles. The molecule has 3 rings (SSSR count). The second kappa shape index (κ2) is 5.64. The summed E-state index contributed by atoms with van der Waals surface area (Å²) in [6, 6.07) is 7.82. The SMILES string of the molecule is O=S(=O)(C1CC1)N1CCN(Cc2ccccc2Cl)CC1. The molecule has 0 bridgehead atoms.